The molecule has 6 nitrogen and oxygen atoms in total. The second-order valence-corrected chi connectivity index (χ2v) is 6.75. The third-order valence-electron chi connectivity index (χ3n) is 4.61. The fourth-order valence-electron chi connectivity index (χ4n) is 3.02. The first-order chi connectivity index (χ1) is 12.6. The highest BCUT2D eigenvalue weighted by Gasteiger charge is 2.40. The van der Waals surface area contributed by atoms with Crippen LogP contribution < -0.4 is 10.2 Å². The number of aromatic nitrogens is 4. The van der Waals surface area contributed by atoms with Crippen molar-refractivity contribution in [3.05, 3.63) is 70.2 Å². The van der Waals surface area contributed by atoms with Gasteiger partial charge in [0.15, 0.2) is 5.43 Å². The summed E-state index contributed by atoms with van der Waals surface area (Å²) in [5.74, 6) is 2.01. The van der Waals surface area contributed by atoms with E-state index in [0.29, 0.717) is 41.4 Å². The van der Waals surface area contributed by atoms with Crippen LogP contribution in [-0.2, 0) is 0 Å². The van der Waals surface area contributed by atoms with Crippen LogP contribution in [0.3, 0.4) is 0 Å². The van der Waals surface area contributed by atoms with Gasteiger partial charge < -0.3 is 9.72 Å². The van der Waals surface area contributed by atoms with Crippen molar-refractivity contribution in [3.63, 3.8) is 0 Å². The monoisotopic (exact) mass is 348 g/mol. The summed E-state index contributed by atoms with van der Waals surface area (Å²) in [5, 5.41) is 0. The van der Waals surface area contributed by atoms with E-state index < -0.39 is 0 Å². The zero-order chi connectivity index (χ0) is 18.1. The zero-order valence-corrected chi connectivity index (χ0v) is 14.8. The normalized spacial score (nSPS) is 18.5. The van der Waals surface area contributed by atoms with E-state index in [1.807, 2.05) is 20.0 Å². The number of ether oxygens (including phenoxy) is 1. The standard InChI is InChI=1S/C20H20N4O2/c1-12-3-4-18(23-9-12)16-7-14(16)11-26-20-17(10-22-13(2)24-20)19-8-15(25)5-6-21-19/h3-6,8-10,14,16H,7,11H2,1-2H3,(H,21,25). The topological polar surface area (TPSA) is 80.8 Å². The maximum atomic E-state index is 11.6. The van der Waals surface area contributed by atoms with Gasteiger partial charge in [-0.15, -0.1) is 0 Å². The van der Waals surface area contributed by atoms with Gasteiger partial charge in [-0.05, 0) is 31.9 Å². The number of hydrogen-bond acceptors (Lipinski definition) is 5. The molecule has 0 amide bonds. The molecule has 3 heterocycles. The van der Waals surface area contributed by atoms with Gasteiger partial charge in [-0.1, -0.05) is 6.07 Å². The summed E-state index contributed by atoms with van der Waals surface area (Å²) in [6, 6.07) is 7.19. The molecular formula is C20H20N4O2. The van der Waals surface area contributed by atoms with E-state index in [1.54, 1.807) is 12.4 Å². The van der Waals surface area contributed by atoms with Crippen LogP contribution in [0, 0.1) is 19.8 Å². The number of aromatic amines is 1. The molecule has 3 aromatic heterocycles. The van der Waals surface area contributed by atoms with Crippen molar-refractivity contribution in [3.8, 4) is 17.1 Å². The van der Waals surface area contributed by atoms with Crippen molar-refractivity contribution in [2.24, 2.45) is 5.92 Å². The van der Waals surface area contributed by atoms with Gasteiger partial charge in [-0.2, -0.15) is 4.98 Å². The van der Waals surface area contributed by atoms with Crippen LogP contribution in [0.4, 0.5) is 0 Å². The lowest BCUT2D eigenvalue weighted by Gasteiger charge is -2.10. The van der Waals surface area contributed by atoms with E-state index in [9.17, 15) is 4.79 Å². The molecule has 1 aliphatic rings. The van der Waals surface area contributed by atoms with Crippen LogP contribution >= 0.6 is 0 Å². The maximum absolute atomic E-state index is 11.6. The number of aryl methyl sites for hydroxylation is 2. The minimum Gasteiger partial charge on any atom is -0.477 e. The Kier molecular flexibility index (Phi) is 4.24. The van der Waals surface area contributed by atoms with Crippen LogP contribution in [0.5, 0.6) is 5.88 Å². The van der Waals surface area contributed by atoms with E-state index >= 15 is 0 Å². The number of nitrogens with zero attached hydrogens (tertiary/aromatic N) is 3. The number of pyridine rings is 2. The van der Waals surface area contributed by atoms with Gasteiger partial charge in [-0.3, -0.25) is 9.78 Å². The molecule has 0 radical (unpaired) electrons. The Hall–Kier alpha value is -3.02. The van der Waals surface area contributed by atoms with E-state index in [1.165, 1.54) is 17.7 Å². The SMILES string of the molecule is Cc1ccc(C2CC2COc2nc(C)ncc2-c2cc(=O)cc[nH]2)nc1. The lowest BCUT2D eigenvalue weighted by molar-refractivity contribution is 0.285. The van der Waals surface area contributed by atoms with Crippen LogP contribution in [0.1, 0.15) is 29.4 Å². The third-order valence-corrected chi connectivity index (χ3v) is 4.61. The predicted octanol–water partition coefficient (Wildman–Crippen LogP) is 3.03. The van der Waals surface area contributed by atoms with E-state index in [4.69, 9.17) is 4.74 Å². The van der Waals surface area contributed by atoms with Gasteiger partial charge in [0.05, 0.1) is 17.9 Å². The maximum Gasteiger partial charge on any atom is 0.226 e. The molecule has 132 valence electrons. The Morgan fingerprint density at radius 3 is 2.85 bits per heavy atom. The molecule has 1 fully saturated rings. The molecule has 2 atom stereocenters. The number of hydrogen-bond donors (Lipinski definition) is 1. The Morgan fingerprint density at radius 1 is 1.19 bits per heavy atom. The van der Waals surface area contributed by atoms with E-state index in [0.717, 1.165) is 12.1 Å². The first-order valence-electron chi connectivity index (χ1n) is 8.68. The zero-order valence-electron chi connectivity index (χ0n) is 14.8. The summed E-state index contributed by atoms with van der Waals surface area (Å²) in [5.41, 5.74) is 3.56. The number of nitrogens with one attached hydrogen (secondary N) is 1. The fraction of sp³-hybridized carbons (Fsp3) is 0.300. The van der Waals surface area contributed by atoms with Crippen LogP contribution in [0.15, 0.2) is 47.7 Å². The molecule has 0 saturated heterocycles. The van der Waals surface area contributed by atoms with Gasteiger partial charge in [-0.25, -0.2) is 4.98 Å². The fourth-order valence-corrected chi connectivity index (χ4v) is 3.02. The van der Waals surface area contributed by atoms with Crippen LogP contribution in [-0.4, -0.2) is 26.5 Å². The summed E-state index contributed by atoms with van der Waals surface area (Å²) in [7, 11) is 0. The molecular weight excluding hydrogens is 328 g/mol. The summed E-state index contributed by atoms with van der Waals surface area (Å²) in [6.45, 7) is 4.43. The van der Waals surface area contributed by atoms with Crippen molar-refractivity contribution in [2.45, 2.75) is 26.2 Å². The average Bonchev–Trinajstić information content (AvgIpc) is 3.40. The summed E-state index contributed by atoms with van der Waals surface area (Å²) >= 11 is 0. The summed E-state index contributed by atoms with van der Waals surface area (Å²) in [6.07, 6.45) is 6.27. The molecule has 4 rings (SSSR count). The van der Waals surface area contributed by atoms with Gasteiger partial charge in [0, 0.05) is 48.3 Å². The Balaban J connectivity index is 1.49. The minimum atomic E-state index is -0.0713. The molecule has 3 aromatic rings. The lowest BCUT2D eigenvalue weighted by atomic mass is 10.2. The Bertz CT molecular complexity index is 982. The van der Waals surface area contributed by atoms with Gasteiger partial charge >= 0.3 is 0 Å². The molecule has 26 heavy (non-hydrogen) atoms. The number of rotatable bonds is 5. The van der Waals surface area contributed by atoms with Crippen LogP contribution in [0.25, 0.3) is 11.3 Å². The van der Waals surface area contributed by atoms with Crippen molar-refractivity contribution in [2.75, 3.05) is 6.61 Å². The highest BCUT2D eigenvalue weighted by molar-refractivity contribution is 5.63. The molecule has 6 heteroatoms. The van der Waals surface area contributed by atoms with Crippen molar-refractivity contribution >= 4 is 0 Å². The van der Waals surface area contributed by atoms with Crippen molar-refractivity contribution < 1.29 is 4.74 Å². The summed E-state index contributed by atoms with van der Waals surface area (Å²) < 4.78 is 6.01. The van der Waals surface area contributed by atoms with Gasteiger partial charge in [0.2, 0.25) is 5.88 Å². The molecule has 0 aromatic carbocycles. The molecule has 2 unspecified atom stereocenters. The summed E-state index contributed by atoms with van der Waals surface area (Å²) in [4.78, 5) is 27.9. The Labute approximate surface area is 151 Å². The van der Waals surface area contributed by atoms with E-state index in [2.05, 4.69) is 32.1 Å². The third kappa shape index (κ3) is 3.49. The molecule has 0 bridgehead atoms. The second-order valence-electron chi connectivity index (χ2n) is 6.75. The molecule has 1 aliphatic carbocycles. The lowest BCUT2D eigenvalue weighted by Crippen LogP contribution is -2.07. The predicted molar refractivity (Wildman–Crippen MR) is 98.1 cm³/mol. The first-order valence-corrected chi connectivity index (χ1v) is 8.68. The van der Waals surface area contributed by atoms with Crippen molar-refractivity contribution in [1.82, 2.24) is 19.9 Å². The molecule has 0 aliphatic heterocycles. The largest absolute Gasteiger partial charge is 0.477 e. The number of H-pyrrole nitrogens is 1. The quantitative estimate of drug-likeness (QED) is 0.766. The minimum absolute atomic E-state index is 0.0713. The smallest absolute Gasteiger partial charge is 0.226 e. The molecule has 1 saturated carbocycles. The average molecular weight is 348 g/mol. The highest BCUT2D eigenvalue weighted by atomic mass is 16.5. The Morgan fingerprint density at radius 2 is 2.08 bits per heavy atom. The van der Waals surface area contributed by atoms with Gasteiger partial charge in [0.1, 0.15) is 5.82 Å². The first kappa shape index (κ1) is 16.4. The van der Waals surface area contributed by atoms with E-state index in [-0.39, 0.29) is 5.43 Å². The molecule has 0 spiro atoms. The highest BCUT2D eigenvalue weighted by Crippen LogP contribution is 2.46. The van der Waals surface area contributed by atoms with Crippen molar-refractivity contribution in [1.29, 1.82) is 0 Å². The van der Waals surface area contributed by atoms with Crippen LogP contribution in [0.2, 0.25) is 0 Å². The molecule has 1 N–H and O–H groups in total. The van der Waals surface area contributed by atoms with Gasteiger partial charge in [0.25, 0.3) is 0 Å². The second kappa shape index (κ2) is 6.71.